The number of nitrogens with zero attached hydrogens (tertiary/aromatic N) is 3. The van der Waals surface area contributed by atoms with Gasteiger partial charge in [-0.25, -0.2) is 0 Å². The van der Waals surface area contributed by atoms with Gasteiger partial charge in [0.1, 0.15) is 0 Å². The molecule has 0 N–H and O–H groups in total. The first kappa shape index (κ1) is 11.4. The Labute approximate surface area is 89.7 Å². The second-order valence-corrected chi connectivity index (χ2v) is 3.05. The number of hydrogen-bond donors (Lipinski definition) is 0. The van der Waals surface area contributed by atoms with Gasteiger partial charge in [-0.05, 0) is 4.92 Å². The molecule has 1 aromatic heterocycles. The van der Waals surface area contributed by atoms with Gasteiger partial charge in [-0.3, -0.25) is 4.79 Å². The van der Waals surface area contributed by atoms with Crippen molar-refractivity contribution in [2.75, 3.05) is 7.11 Å². The zero-order chi connectivity index (χ0) is 11.4. The van der Waals surface area contributed by atoms with Crippen LogP contribution in [-0.2, 0) is 16.1 Å². The Kier molecular flexibility index (Phi) is 3.62. The maximum atomic E-state index is 10.8. The minimum atomic E-state index is -0.684. The predicted octanol–water partition coefficient (Wildman–Crippen LogP) is 1.01. The Morgan fingerprint density at radius 1 is 1.80 bits per heavy atom. The topological polar surface area (TPSA) is 87.3 Å². The highest BCUT2D eigenvalue weighted by Gasteiger charge is 2.19. The maximum absolute atomic E-state index is 10.8. The average molecular weight is 234 g/mol. The summed E-state index contributed by atoms with van der Waals surface area (Å²) in [6.45, 7) is 0.195. The number of hydrogen-bond acceptors (Lipinski definition) is 5. The Morgan fingerprint density at radius 3 is 2.93 bits per heavy atom. The molecule has 7 nitrogen and oxygen atoms in total. The van der Waals surface area contributed by atoms with Crippen LogP contribution in [0.4, 0.5) is 5.82 Å². The first-order chi connectivity index (χ1) is 7.04. The van der Waals surface area contributed by atoms with Crippen LogP contribution in [0, 0.1) is 10.1 Å². The van der Waals surface area contributed by atoms with E-state index < -0.39 is 16.7 Å². The molecule has 1 heterocycles. The molecule has 0 bridgehead atoms. The Hall–Kier alpha value is -1.63. The van der Waals surface area contributed by atoms with Gasteiger partial charge >= 0.3 is 11.8 Å². The molecule has 0 aromatic carbocycles. The van der Waals surface area contributed by atoms with Gasteiger partial charge in [0.05, 0.1) is 31.4 Å². The van der Waals surface area contributed by atoms with Crippen LogP contribution in [0.1, 0.15) is 6.42 Å². The van der Waals surface area contributed by atoms with Crippen molar-refractivity contribution in [3.05, 3.63) is 21.3 Å². The summed E-state index contributed by atoms with van der Waals surface area (Å²) in [5.74, 6) is -0.828. The van der Waals surface area contributed by atoms with Gasteiger partial charge in [-0.2, -0.15) is 4.68 Å². The molecule has 1 aromatic rings. The molecule has 0 fully saturated rings. The van der Waals surface area contributed by atoms with Crippen LogP contribution in [0.2, 0.25) is 5.02 Å². The van der Waals surface area contributed by atoms with Gasteiger partial charge < -0.3 is 14.9 Å². The molecule has 0 saturated heterocycles. The van der Waals surface area contributed by atoms with Crippen molar-refractivity contribution in [1.29, 1.82) is 0 Å². The van der Waals surface area contributed by atoms with Crippen molar-refractivity contribution < 1.29 is 14.5 Å². The Morgan fingerprint density at radius 2 is 2.47 bits per heavy atom. The normalized spacial score (nSPS) is 10.0. The number of ether oxygens (including phenoxy) is 1. The summed E-state index contributed by atoms with van der Waals surface area (Å²) in [5.41, 5.74) is 0. The highest BCUT2D eigenvalue weighted by Crippen LogP contribution is 2.21. The van der Waals surface area contributed by atoms with E-state index in [2.05, 4.69) is 9.84 Å². The molecule has 0 unspecified atom stereocenters. The first-order valence-electron chi connectivity index (χ1n) is 3.98. The molecule has 0 radical (unpaired) electrons. The van der Waals surface area contributed by atoms with Gasteiger partial charge in [0.2, 0.25) is 0 Å². The summed E-state index contributed by atoms with van der Waals surface area (Å²) in [4.78, 5) is 20.5. The number of aryl methyl sites for hydroxylation is 1. The Balaban J connectivity index is 2.67. The summed E-state index contributed by atoms with van der Waals surface area (Å²) in [6.07, 6.45) is 1.38. The van der Waals surface area contributed by atoms with Gasteiger partial charge in [0.15, 0.2) is 5.02 Å². The maximum Gasteiger partial charge on any atom is 0.408 e. The monoisotopic (exact) mass is 233 g/mol. The summed E-state index contributed by atoms with van der Waals surface area (Å²) in [5, 5.41) is 13.9. The number of esters is 1. The number of halogens is 1. The SMILES string of the molecule is COC(=O)CCn1cc(Cl)c([N+](=O)[O-])n1. The van der Waals surface area contributed by atoms with Crippen molar-refractivity contribution in [2.45, 2.75) is 13.0 Å². The molecule has 0 atom stereocenters. The van der Waals surface area contributed by atoms with E-state index in [4.69, 9.17) is 11.6 Å². The molecule has 0 saturated carbocycles. The van der Waals surface area contributed by atoms with Crippen LogP contribution in [0.15, 0.2) is 6.20 Å². The lowest BCUT2D eigenvalue weighted by Gasteiger charge is -1.95. The second kappa shape index (κ2) is 4.74. The van der Waals surface area contributed by atoms with Crippen molar-refractivity contribution in [3.8, 4) is 0 Å². The van der Waals surface area contributed by atoms with Crippen LogP contribution >= 0.6 is 11.6 Å². The van der Waals surface area contributed by atoms with E-state index in [0.717, 1.165) is 0 Å². The fourth-order valence-corrected chi connectivity index (χ4v) is 1.15. The highest BCUT2D eigenvalue weighted by atomic mass is 35.5. The first-order valence-corrected chi connectivity index (χ1v) is 4.36. The Bertz CT molecular complexity index is 390. The van der Waals surface area contributed by atoms with Gasteiger partial charge in [-0.1, -0.05) is 11.6 Å². The van der Waals surface area contributed by atoms with Crippen LogP contribution in [0.3, 0.4) is 0 Å². The molecule has 15 heavy (non-hydrogen) atoms. The third-order valence-electron chi connectivity index (χ3n) is 1.64. The molecule has 0 aliphatic rings. The fourth-order valence-electron chi connectivity index (χ4n) is 0.933. The summed E-state index contributed by atoms with van der Waals surface area (Å²) >= 11 is 5.55. The van der Waals surface area contributed by atoms with Crippen LogP contribution in [0.25, 0.3) is 0 Å². The number of carbonyl (C=O) groups excluding carboxylic acids is 1. The molecule has 0 aliphatic heterocycles. The second-order valence-electron chi connectivity index (χ2n) is 2.65. The van der Waals surface area contributed by atoms with Crippen molar-refractivity contribution in [1.82, 2.24) is 9.78 Å². The summed E-state index contributed by atoms with van der Waals surface area (Å²) in [6, 6.07) is 0. The molecule has 8 heteroatoms. The molecule has 1 rings (SSSR count). The van der Waals surface area contributed by atoms with Crippen LogP contribution < -0.4 is 0 Å². The summed E-state index contributed by atoms with van der Waals surface area (Å²) in [7, 11) is 1.26. The van der Waals surface area contributed by atoms with Crippen molar-refractivity contribution in [2.24, 2.45) is 0 Å². The number of nitro groups is 1. The molecular formula is C7H8ClN3O4. The van der Waals surface area contributed by atoms with Gasteiger partial charge in [0.25, 0.3) is 0 Å². The standard InChI is InChI=1S/C7H8ClN3O4/c1-15-6(12)2-3-10-4-5(8)7(9-10)11(13)14/h4H,2-3H2,1H3. The third-order valence-corrected chi connectivity index (χ3v) is 1.91. The van der Waals surface area contributed by atoms with E-state index in [1.165, 1.54) is 18.0 Å². The number of aromatic nitrogens is 2. The molecule has 0 aliphatic carbocycles. The number of rotatable bonds is 4. The average Bonchev–Trinajstić information content (AvgIpc) is 2.56. The quantitative estimate of drug-likeness (QED) is 0.440. The van der Waals surface area contributed by atoms with E-state index in [1.54, 1.807) is 0 Å². The van der Waals surface area contributed by atoms with Gasteiger partial charge in [-0.15, -0.1) is 0 Å². The molecule has 0 spiro atoms. The number of methoxy groups -OCH3 is 1. The molecular weight excluding hydrogens is 226 g/mol. The smallest absolute Gasteiger partial charge is 0.408 e. The van der Waals surface area contributed by atoms with Crippen molar-refractivity contribution in [3.63, 3.8) is 0 Å². The number of carbonyl (C=O) groups is 1. The van der Waals surface area contributed by atoms with E-state index in [9.17, 15) is 14.9 Å². The van der Waals surface area contributed by atoms with E-state index in [1.807, 2.05) is 0 Å². The lowest BCUT2D eigenvalue weighted by molar-refractivity contribution is -0.389. The van der Waals surface area contributed by atoms with Crippen LogP contribution in [-0.4, -0.2) is 27.8 Å². The molecule has 0 amide bonds. The minimum absolute atomic E-state index is 0.0511. The third kappa shape index (κ3) is 2.91. The van der Waals surface area contributed by atoms with Crippen LogP contribution in [0.5, 0.6) is 0 Å². The predicted molar refractivity (Wildman–Crippen MR) is 50.5 cm³/mol. The lowest BCUT2D eigenvalue weighted by atomic mass is 10.4. The van der Waals surface area contributed by atoms with E-state index in [-0.39, 0.29) is 18.0 Å². The van der Waals surface area contributed by atoms with Crippen molar-refractivity contribution >= 4 is 23.4 Å². The van der Waals surface area contributed by atoms with E-state index in [0.29, 0.717) is 0 Å². The minimum Gasteiger partial charge on any atom is -0.469 e. The zero-order valence-electron chi connectivity index (χ0n) is 7.84. The summed E-state index contributed by atoms with van der Waals surface area (Å²) < 4.78 is 5.64. The fraction of sp³-hybridized carbons (Fsp3) is 0.429. The van der Waals surface area contributed by atoms with E-state index >= 15 is 0 Å². The zero-order valence-corrected chi connectivity index (χ0v) is 8.60. The highest BCUT2D eigenvalue weighted by molar-refractivity contribution is 6.32. The molecule has 82 valence electrons. The van der Waals surface area contributed by atoms with Gasteiger partial charge in [0, 0.05) is 0 Å². The lowest BCUT2D eigenvalue weighted by Crippen LogP contribution is -2.07. The largest absolute Gasteiger partial charge is 0.469 e.